The van der Waals surface area contributed by atoms with E-state index in [1.54, 1.807) is 6.33 Å². The number of carbonyl (C=O) groups excluding carboxylic acids is 1. The molecule has 4 aromatic carbocycles. The van der Waals surface area contributed by atoms with Gasteiger partial charge in [0.25, 0.3) is 0 Å². The van der Waals surface area contributed by atoms with Gasteiger partial charge in [0.1, 0.15) is 23.0 Å². The van der Waals surface area contributed by atoms with Gasteiger partial charge in [0.2, 0.25) is 0 Å². The van der Waals surface area contributed by atoms with Gasteiger partial charge in [-0.2, -0.15) is 0 Å². The van der Waals surface area contributed by atoms with E-state index in [0.29, 0.717) is 5.58 Å². The first-order valence-electron chi connectivity index (χ1n) is 16.6. The van der Waals surface area contributed by atoms with Crippen LogP contribution < -0.4 is 0 Å². The predicted molar refractivity (Wildman–Crippen MR) is 191 cm³/mol. The number of fused-ring (bicyclic) bond motifs is 6. The minimum Gasteiger partial charge on any atom is -0.512 e. The maximum Gasteiger partial charge on any atom is 0.162 e. The molecule has 0 spiro atoms. The quantitative estimate of drug-likeness (QED) is 0.0942. The molecule has 2 aromatic heterocycles. The number of rotatable bonds is 8. The topological polar surface area (TPSA) is 76.2 Å². The first-order chi connectivity index (χ1) is 22.1. The van der Waals surface area contributed by atoms with E-state index in [9.17, 15) is 9.90 Å². The average Bonchev–Trinajstić information content (AvgIpc) is 3.45. The summed E-state index contributed by atoms with van der Waals surface area (Å²) in [5.41, 5.74) is 5.34. The third-order valence-corrected chi connectivity index (χ3v) is 9.06. The molecule has 0 atom stereocenters. The number of ketones is 1. The van der Waals surface area contributed by atoms with Gasteiger partial charge in [0.15, 0.2) is 5.78 Å². The van der Waals surface area contributed by atoms with Crippen LogP contribution in [0, 0.1) is 17.9 Å². The fourth-order valence-corrected chi connectivity index (χ4v) is 6.29. The number of aromatic nitrogens is 2. The molecular formula is C41H45IrN2O3-. The van der Waals surface area contributed by atoms with Crippen LogP contribution in [0.5, 0.6) is 0 Å². The summed E-state index contributed by atoms with van der Waals surface area (Å²) in [7, 11) is 0. The molecule has 47 heavy (non-hydrogen) atoms. The smallest absolute Gasteiger partial charge is 0.162 e. The second kappa shape index (κ2) is 15.4. The van der Waals surface area contributed by atoms with E-state index < -0.39 is 0 Å². The fraction of sp³-hybridized carbons (Fsp3) is 0.341. The van der Waals surface area contributed by atoms with Gasteiger partial charge >= 0.3 is 0 Å². The van der Waals surface area contributed by atoms with E-state index in [4.69, 9.17) is 4.42 Å². The second-order valence-corrected chi connectivity index (χ2v) is 13.1. The third kappa shape index (κ3) is 7.50. The summed E-state index contributed by atoms with van der Waals surface area (Å²) in [6, 6.07) is 26.6. The van der Waals surface area contributed by atoms with Crippen LogP contribution in [0.25, 0.3) is 54.9 Å². The molecule has 6 heteroatoms. The van der Waals surface area contributed by atoms with E-state index in [1.165, 1.54) is 22.4 Å². The van der Waals surface area contributed by atoms with Crippen LogP contribution in [0.2, 0.25) is 0 Å². The normalized spacial score (nSPS) is 12.1. The van der Waals surface area contributed by atoms with Crippen molar-refractivity contribution >= 4 is 49.4 Å². The maximum atomic E-state index is 11.7. The number of nitrogens with zero attached hydrogens (tertiary/aromatic N) is 2. The summed E-state index contributed by atoms with van der Waals surface area (Å²) >= 11 is 0. The standard InChI is InChI=1S/C28H21N2O.C13H24O2.Ir/c1-28(2,3)22-15-19(14-18-9-5-6-10-20(18)22)25-27-26(30-16-29-25)24-21-11-7-4-8-17(21)12-13-23(24)31-27;1-5-10(6-2)12(14)9-13(15)11(7-3)8-4;/h4-13,15-16H,1-3H3;9-11,14H,5-8H2,1-4H3;/q-1;;/b;12-9-;. The van der Waals surface area contributed by atoms with Crippen molar-refractivity contribution in [2.75, 3.05) is 0 Å². The largest absolute Gasteiger partial charge is 0.512 e. The molecule has 6 aromatic rings. The molecule has 0 saturated carbocycles. The van der Waals surface area contributed by atoms with E-state index in [0.717, 1.165) is 64.2 Å². The zero-order valence-corrected chi connectivity index (χ0v) is 30.9. The molecule has 247 valence electrons. The molecule has 1 radical (unpaired) electrons. The minimum atomic E-state index is -0.0142. The van der Waals surface area contributed by atoms with Crippen LogP contribution >= 0.6 is 0 Å². The van der Waals surface area contributed by atoms with Crippen LogP contribution in [0.3, 0.4) is 0 Å². The van der Waals surface area contributed by atoms with E-state index >= 15 is 0 Å². The second-order valence-electron chi connectivity index (χ2n) is 13.1. The average molecular weight is 806 g/mol. The van der Waals surface area contributed by atoms with Gasteiger partial charge in [-0.05, 0) is 47.9 Å². The van der Waals surface area contributed by atoms with Crippen LogP contribution in [0.1, 0.15) is 79.7 Å². The number of allylic oxidation sites excluding steroid dienone is 2. The summed E-state index contributed by atoms with van der Waals surface area (Å²) in [5, 5.41) is 15.4. The Kier molecular flexibility index (Phi) is 11.8. The van der Waals surface area contributed by atoms with Gasteiger partial charge in [-0.25, -0.2) is 4.98 Å². The number of hydrogen-bond donors (Lipinski definition) is 1. The molecule has 1 N–H and O–H groups in total. The van der Waals surface area contributed by atoms with Crippen molar-refractivity contribution in [1.82, 2.24) is 9.97 Å². The van der Waals surface area contributed by atoms with Gasteiger partial charge in [-0.1, -0.05) is 108 Å². The first-order valence-corrected chi connectivity index (χ1v) is 16.6. The Morgan fingerprint density at radius 1 is 0.872 bits per heavy atom. The Labute approximate surface area is 291 Å². The Bertz CT molecular complexity index is 2030. The van der Waals surface area contributed by atoms with Gasteiger partial charge in [0, 0.05) is 38.0 Å². The molecule has 0 unspecified atom stereocenters. The van der Waals surface area contributed by atoms with E-state index in [2.05, 4.69) is 97.5 Å². The van der Waals surface area contributed by atoms with E-state index in [1.807, 2.05) is 33.8 Å². The number of carbonyl (C=O) groups is 1. The number of benzene rings is 4. The molecule has 6 rings (SSSR count). The Morgan fingerprint density at radius 3 is 2.17 bits per heavy atom. The Balaban J connectivity index is 0.000000269. The third-order valence-electron chi connectivity index (χ3n) is 9.06. The van der Waals surface area contributed by atoms with Crippen molar-refractivity contribution in [2.45, 2.75) is 79.6 Å². The molecular weight excluding hydrogens is 761 g/mol. The number of hydrogen-bond acceptors (Lipinski definition) is 5. The SMILES string of the molecule is CC(C)(C)c1cc(-c2ncnc3c2oc2ccc4ccccc4c23)[c-]c2ccccc12.CCC(CC)C(=O)/C=C(\O)C(CC)CC.[Ir]. The number of aliphatic hydroxyl groups is 1. The fourth-order valence-electron chi connectivity index (χ4n) is 6.29. The van der Waals surface area contributed by atoms with Crippen LogP contribution in [-0.2, 0) is 30.3 Å². The molecule has 0 bridgehead atoms. The molecule has 0 aliphatic heterocycles. The summed E-state index contributed by atoms with van der Waals surface area (Å²) < 4.78 is 6.34. The van der Waals surface area contributed by atoms with Gasteiger partial charge in [-0.15, -0.1) is 29.1 Å². The summed E-state index contributed by atoms with van der Waals surface area (Å²) in [5.74, 6) is 0.547. The van der Waals surface area contributed by atoms with Crippen LogP contribution in [0.4, 0.5) is 0 Å². The Hall–Kier alpha value is -3.86. The zero-order valence-electron chi connectivity index (χ0n) is 28.5. The first kappa shape index (κ1) is 36.0. The van der Waals surface area contributed by atoms with E-state index in [-0.39, 0.29) is 48.9 Å². The molecule has 2 heterocycles. The van der Waals surface area contributed by atoms with Crippen molar-refractivity contribution in [3.63, 3.8) is 0 Å². The van der Waals surface area contributed by atoms with Crippen molar-refractivity contribution < 1.29 is 34.4 Å². The molecule has 5 nitrogen and oxygen atoms in total. The van der Waals surface area contributed by atoms with Gasteiger partial charge in [0.05, 0.1) is 16.8 Å². The summed E-state index contributed by atoms with van der Waals surface area (Å²) in [6.45, 7) is 14.8. The predicted octanol–water partition coefficient (Wildman–Crippen LogP) is 11.3. The summed E-state index contributed by atoms with van der Waals surface area (Å²) in [4.78, 5) is 21.0. The van der Waals surface area contributed by atoms with Crippen molar-refractivity contribution in [2.24, 2.45) is 11.8 Å². The zero-order chi connectivity index (χ0) is 33.0. The van der Waals surface area contributed by atoms with Crippen LogP contribution in [0.15, 0.2) is 89.3 Å². The Morgan fingerprint density at radius 2 is 1.51 bits per heavy atom. The number of aliphatic hydroxyl groups excluding tert-OH is 1. The van der Waals surface area contributed by atoms with Crippen molar-refractivity contribution in [3.8, 4) is 11.3 Å². The molecule has 0 saturated heterocycles. The monoisotopic (exact) mass is 806 g/mol. The minimum absolute atomic E-state index is 0. The number of furan rings is 1. The molecule has 0 aliphatic rings. The van der Waals surface area contributed by atoms with Crippen molar-refractivity contribution in [1.29, 1.82) is 0 Å². The van der Waals surface area contributed by atoms with Gasteiger partial charge < -0.3 is 9.52 Å². The molecule has 0 fully saturated rings. The van der Waals surface area contributed by atoms with Crippen LogP contribution in [-0.4, -0.2) is 20.9 Å². The molecule has 0 amide bonds. The maximum absolute atomic E-state index is 11.7. The molecule has 0 aliphatic carbocycles. The summed E-state index contributed by atoms with van der Waals surface area (Å²) in [6.07, 6.45) is 6.54. The van der Waals surface area contributed by atoms with Gasteiger partial charge in [-0.3, -0.25) is 9.78 Å². The van der Waals surface area contributed by atoms with Crippen molar-refractivity contribution in [3.05, 3.63) is 96.5 Å².